The van der Waals surface area contributed by atoms with Gasteiger partial charge in [-0.15, -0.1) is 0 Å². The number of hydrogen-bond donors (Lipinski definition) is 2. The molecule has 6 heteroatoms. The summed E-state index contributed by atoms with van der Waals surface area (Å²) in [6.45, 7) is 5.72. The van der Waals surface area contributed by atoms with Crippen LogP contribution in [0.5, 0.6) is 0 Å². The zero-order chi connectivity index (χ0) is 12.8. The standard InChI is InChI=1S/C11H20N2O3S/c1-8(10(14)15)3-4-12-11(16)13-5-6-17-9(2)7-13/h8-9H,3-7H2,1-2H3,(H,12,16)(H,14,15). The number of carboxylic acids is 1. The molecule has 1 saturated heterocycles. The van der Waals surface area contributed by atoms with Crippen LogP contribution in [0.2, 0.25) is 0 Å². The molecule has 1 aliphatic rings. The van der Waals surface area contributed by atoms with Crippen LogP contribution < -0.4 is 5.32 Å². The number of nitrogens with zero attached hydrogens (tertiary/aromatic N) is 1. The highest BCUT2D eigenvalue weighted by Crippen LogP contribution is 2.17. The van der Waals surface area contributed by atoms with E-state index in [1.807, 2.05) is 11.8 Å². The van der Waals surface area contributed by atoms with Crippen LogP contribution in [0.4, 0.5) is 4.79 Å². The van der Waals surface area contributed by atoms with Gasteiger partial charge in [-0.2, -0.15) is 11.8 Å². The van der Waals surface area contributed by atoms with E-state index in [2.05, 4.69) is 12.2 Å². The van der Waals surface area contributed by atoms with Crippen LogP contribution in [0.3, 0.4) is 0 Å². The first-order valence-corrected chi connectivity index (χ1v) is 6.92. The van der Waals surface area contributed by atoms with Gasteiger partial charge in [0.05, 0.1) is 5.92 Å². The van der Waals surface area contributed by atoms with Crippen LogP contribution in [-0.2, 0) is 4.79 Å². The zero-order valence-electron chi connectivity index (χ0n) is 10.3. The number of amides is 2. The van der Waals surface area contributed by atoms with Crippen LogP contribution in [0.1, 0.15) is 20.3 Å². The van der Waals surface area contributed by atoms with Gasteiger partial charge in [0, 0.05) is 30.6 Å². The minimum absolute atomic E-state index is 0.0743. The Morgan fingerprint density at radius 2 is 2.29 bits per heavy atom. The molecule has 0 bridgehead atoms. The highest BCUT2D eigenvalue weighted by Gasteiger charge is 2.21. The summed E-state index contributed by atoms with van der Waals surface area (Å²) in [6, 6.07) is -0.0743. The van der Waals surface area contributed by atoms with Gasteiger partial charge in [0.1, 0.15) is 0 Å². The average molecular weight is 260 g/mol. The Balaban J connectivity index is 2.22. The van der Waals surface area contributed by atoms with E-state index >= 15 is 0 Å². The SMILES string of the molecule is CC1CN(C(=O)NCCC(C)C(=O)O)CCS1. The predicted octanol–water partition coefficient (Wildman–Crippen LogP) is 1.24. The normalized spacial score (nSPS) is 22.0. The summed E-state index contributed by atoms with van der Waals surface area (Å²) < 4.78 is 0. The van der Waals surface area contributed by atoms with E-state index in [1.54, 1.807) is 11.8 Å². The van der Waals surface area contributed by atoms with E-state index in [0.29, 0.717) is 18.2 Å². The molecule has 17 heavy (non-hydrogen) atoms. The van der Waals surface area contributed by atoms with Crippen LogP contribution >= 0.6 is 11.8 Å². The van der Waals surface area contributed by atoms with Crippen molar-refractivity contribution in [2.45, 2.75) is 25.5 Å². The summed E-state index contributed by atoms with van der Waals surface area (Å²) in [4.78, 5) is 24.1. The second-order valence-corrected chi connectivity index (χ2v) is 5.93. The van der Waals surface area contributed by atoms with E-state index in [1.165, 1.54) is 0 Å². The van der Waals surface area contributed by atoms with Crippen molar-refractivity contribution in [2.24, 2.45) is 5.92 Å². The molecular weight excluding hydrogens is 240 g/mol. The Morgan fingerprint density at radius 3 is 2.88 bits per heavy atom. The zero-order valence-corrected chi connectivity index (χ0v) is 11.1. The van der Waals surface area contributed by atoms with Gasteiger partial charge in [-0.25, -0.2) is 4.79 Å². The van der Waals surface area contributed by atoms with Crippen LogP contribution in [0.25, 0.3) is 0 Å². The van der Waals surface area contributed by atoms with Crippen molar-refractivity contribution >= 4 is 23.8 Å². The van der Waals surface area contributed by atoms with Crippen molar-refractivity contribution < 1.29 is 14.7 Å². The molecule has 2 amide bonds. The van der Waals surface area contributed by atoms with E-state index in [0.717, 1.165) is 18.8 Å². The van der Waals surface area contributed by atoms with Crippen molar-refractivity contribution in [1.82, 2.24) is 10.2 Å². The van der Waals surface area contributed by atoms with Gasteiger partial charge in [-0.05, 0) is 6.42 Å². The third-order valence-electron chi connectivity index (χ3n) is 2.80. The van der Waals surface area contributed by atoms with Crippen molar-refractivity contribution in [3.8, 4) is 0 Å². The lowest BCUT2D eigenvalue weighted by atomic mass is 10.1. The fourth-order valence-corrected chi connectivity index (χ4v) is 2.65. The molecular formula is C11H20N2O3S. The summed E-state index contributed by atoms with van der Waals surface area (Å²) in [7, 11) is 0. The molecule has 0 radical (unpaired) electrons. The number of thioether (sulfide) groups is 1. The second-order valence-electron chi connectivity index (χ2n) is 4.39. The number of carboxylic acid groups (broad SMARTS) is 1. The molecule has 1 fully saturated rings. The molecule has 5 nitrogen and oxygen atoms in total. The van der Waals surface area contributed by atoms with Gasteiger partial charge in [-0.3, -0.25) is 4.79 Å². The van der Waals surface area contributed by atoms with Gasteiger partial charge >= 0.3 is 12.0 Å². The predicted molar refractivity (Wildman–Crippen MR) is 68.3 cm³/mol. The third kappa shape index (κ3) is 4.85. The van der Waals surface area contributed by atoms with Crippen molar-refractivity contribution in [3.05, 3.63) is 0 Å². The summed E-state index contributed by atoms with van der Waals surface area (Å²) in [5.74, 6) is -0.256. The summed E-state index contributed by atoms with van der Waals surface area (Å²) >= 11 is 1.87. The highest BCUT2D eigenvalue weighted by molar-refractivity contribution is 7.99. The van der Waals surface area contributed by atoms with Crippen LogP contribution in [-0.4, -0.2) is 52.6 Å². The van der Waals surface area contributed by atoms with Crippen molar-refractivity contribution in [2.75, 3.05) is 25.4 Å². The van der Waals surface area contributed by atoms with Gasteiger partial charge in [0.25, 0.3) is 0 Å². The Hall–Kier alpha value is -0.910. The van der Waals surface area contributed by atoms with E-state index in [9.17, 15) is 9.59 Å². The summed E-state index contributed by atoms with van der Waals surface area (Å²) in [5, 5.41) is 12.0. The van der Waals surface area contributed by atoms with E-state index in [-0.39, 0.29) is 6.03 Å². The maximum absolute atomic E-state index is 11.8. The lowest BCUT2D eigenvalue weighted by Crippen LogP contribution is -2.46. The summed E-state index contributed by atoms with van der Waals surface area (Å²) in [5.41, 5.74) is 0. The largest absolute Gasteiger partial charge is 0.481 e. The van der Waals surface area contributed by atoms with Gasteiger partial charge < -0.3 is 15.3 Å². The Morgan fingerprint density at radius 1 is 1.59 bits per heavy atom. The van der Waals surface area contributed by atoms with Gasteiger partial charge in [0.2, 0.25) is 0 Å². The number of nitrogens with one attached hydrogen (secondary N) is 1. The first kappa shape index (κ1) is 14.2. The molecule has 0 aliphatic carbocycles. The second kappa shape index (κ2) is 6.74. The molecule has 0 aromatic heterocycles. The first-order valence-electron chi connectivity index (χ1n) is 5.88. The minimum Gasteiger partial charge on any atom is -0.481 e. The molecule has 1 rings (SSSR count). The molecule has 0 saturated carbocycles. The van der Waals surface area contributed by atoms with Gasteiger partial charge in [0.15, 0.2) is 0 Å². The van der Waals surface area contributed by atoms with Gasteiger partial charge in [-0.1, -0.05) is 13.8 Å². The lowest BCUT2D eigenvalue weighted by Gasteiger charge is -2.30. The molecule has 2 atom stereocenters. The van der Waals surface area contributed by atoms with Crippen molar-refractivity contribution in [1.29, 1.82) is 0 Å². The molecule has 1 heterocycles. The van der Waals surface area contributed by atoms with E-state index < -0.39 is 11.9 Å². The number of rotatable bonds is 4. The summed E-state index contributed by atoms with van der Waals surface area (Å²) in [6.07, 6.45) is 0.471. The molecule has 2 unspecified atom stereocenters. The molecule has 0 aromatic rings. The Labute approximate surface area is 106 Å². The average Bonchev–Trinajstić information content (AvgIpc) is 2.28. The molecule has 2 N–H and O–H groups in total. The number of aliphatic carboxylic acids is 1. The van der Waals surface area contributed by atoms with E-state index in [4.69, 9.17) is 5.11 Å². The molecule has 0 aromatic carbocycles. The number of hydrogen-bond acceptors (Lipinski definition) is 3. The quantitative estimate of drug-likeness (QED) is 0.798. The Kier molecular flexibility index (Phi) is 5.61. The van der Waals surface area contributed by atoms with Crippen LogP contribution in [0.15, 0.2) is 0 Å². The molecule has 1 aliphatic heterocycles. The first-order chi connectivity index (χ1) is 8.00. The molecule has 0 spiro atoms. The van der Waals surface area contributed by atoms with Crippen molar-refractivity contribution in [3.63, 3.8) is 0 Å². The number of urea groups is 1. The lowest BCUT2D eigenvalue weighted by molar-refractivity contribution is -0.141. The third-order valence-corrected chi connectivity index (χ3v) is 3.94. The number of carbonyl (C=O) groups is 2. The van der Waals surface area contributed by atoms with Crippen LogP contribution in [0, 0.1) is 5.92 Å². The fraction of sp³-hybridized carbons (Fsp3) is 0.818. The monoisotopic (exact) mass is 260 g/mol. The maximum atomic E-state index is 11.8. The highest BCUT2D eigenvalue weighted by atomic mass is 32.2. The maximum Gasteiger partial charge on any atom is 0.317 e. The molecule has 98 valence electrons. The minimum atomic E-state index is -0.817. The number of carbonyl (C=O) groups excluding carboxylic acids is 1. The fourth-order valence-electron chi connectivity index (χ4n) is 1.63. The Bertz CT molecular complexity index is 286. The topological polar surface area (TPSA) is 69.6 Å². The smallest absolute Gasteiger partial charge is 0.317 e.